The molecule has 1 nitrogen and oxygen atoms in total. The molecular formula is C9H13N. The zero-order chi connectivity index (χ0) is 7.40. The van der Waals surface area contributed by atoms with Crippen LogP contribution in [0.15, 0.2) is 37.1 Å². The van der Waals surface area contributed by atoms with Crippen LogP contribution >= 0.6 is 0 Å². The van der Waals surface area contributed by atoms with Gasteiger partial charge in [-0.2, -0.15) is 0 Å². The Morgan fingerprint density at radius 2 is 1.90 bits per heavy atom. The topological polar surface area (TPSA) is 3.24 Å². The molecule has 0 heterocycles. The summed E-state index contributed by atoms with van der Waals surface area (Å²) in [5, 5.41) is 0. The number of hydrogen-bond donors (Lipinski definition) is 0. The van der Waals surface area contributed by atoms with Crippen molar-refractivity contribution in [2.75, 3.05) is 13.1 Å². The minimum atomic E-state index is 0.942. The molecule has 0 saturated carbocycles. The Kier molecular flexibility index (Phi) is 2.32. The highest BCUT2D eigenvalue weighted by molar-refractivity contribution is 5.21. The molecule has 0 aliphatic heterocycles. The van der Waals surface area contributed by atoms with Crippen molar-refractivity contribution in [1.29, 1.82) is 0 Å². The van der Waals surface area contributed by atoms with E-state index in [0.29, 0.717) is 0 Å². The van der Waals surface area contributed by atoms with E-state index in [1.807, 2.05) is 12.2 Å². The SMILES string of the molecule is C=CCN(CC=C)C1=CC1. The fourth-order valence-corrected chi connectivity index (χ4v) is 0.925. The van der Waals surface area contributed by atoms with Crippen molar-refractivity contribution >= 4 is 0 Å². The van der Waals surface area contributed by atoms with Gasteiger partial charge in [0.1, 0.15) is 0 Å². The van der Waals surface area contributed by atoms with Crippen LogP contribution in [0.1, 0.15) is 6.42 Å². The van der Waals surface area contributed by atoms with E-state index in [0.717, 1.165) is 19.5 Å². The van der Waals surface area contributed by atoms with E-state index >= 15 is 0 Å². The molecule has 0 aromatic carbocycles. The van der Waals surface area contributed by atoms with Crippen LogP contribution in [0.4, 0.5) is 0 Å². The highest BCUT2D eigenvalue weighted by atomic mass is 15.1. The average molecular weight is 135 g/mol. The summed E-state index contributed by atoms with van der Waals surface area (Å²) in [6.07, 6.45) is 7.21. The molecule has 0 radical (unpaired) electrons. The summed E-state index contributed by atoms with van der Waals surface area (Å²) in [6.45, 7) is 9.26. The van der Waals surface area contributed by atoms with Crippen LogP contribution in [0.2, 0.25) is 0 Å². The lowest BCUT2D eigenvalue weighted by Crippen LogP contribution is -2.18. The maximum absolute atomic E-state index is 3.69. The zero-order valence-electron chi connectivity index (χ0n) is 6.21. The Balaban J connectivity index is 2.33. The lowest BCUT2D eigenvalue weighted by Gasteiger charge is -2.16. The first kappa shape index (κ1) is 7.13. The van der Waals surface area contributed by atoms with Crippen molar-refractivity contribution in [3.05, 3.63) is 37.1 Å². The van der Waals surface area contributed by atoms with Gasteiger partial charge in [-0.15, -0.1) is 13.2 Å². The monoisotopic (exact) mass is 135 g/mol. The van der Waals surface area contributed by atoms with Gasteiger partial charge in [0.2, 0.25) is 0 Å². The number of hydrogen-bond acceptors (Lipinski definition) is 1. The van der Waals surface area contributed by atoms with Crippen molar-refractivity contribution in [3.8, 4) is 0 Å². The summed E-state index contributed by atoms with van der Waals surface area (Å²) >= 11 is 0. The Hall–Kier alpha value is -0.980. The summed E-state index contributed by atoms with van der Waals surface area (Å²) in [5.74, 6) is 0. The third-order valence-corrected chi connectivity index (χ3v) is 1.49. The van der Waals surface area contributed by atoms with Crippen LogP contribution in [0.25, 0.3) is 0 Å². The average Bonchev–Trinajstić information content (AvgIpc) is 2.69. The largest absolute Gasteiger partial charge is 0.367 e. The van der Waals surface area contributed by atoms with Crippen LogP contribution in [-0.4, -0.2) is 18.0 Å². The van der Waals surface area contributed by atoms with Gasteiger partial charge in [-0.1, -0.05) is 18.2 Å². The van der Waals surface area contributed by atoms with Crippen LogP contribution in [0.3, 0.4) is 0 Å². The van der Waals surface area contributed by atoms with Gasteiger partial charge >= 0.3 is 0 Å². The van der Waals surface area contributed by atoms with Gasteiger partial charge in [-0.05, 0) is 0 Å². The third kappa shape index (κ3) is 1.76. The number of allylic oxidation sites excluding steroid dienone is 2. The summed E-state index contributed by atoms with van der Waals surface area (Å²) in [6, 6.07) is 0. The van der Waals surface area contributed by atoms with Crippen molar-refractivity contribution in [2.45, 2.75) is 6.42 Å². The molecule has 1 aliphatic carbocycles. The van der Waals surface area contributed by atoms with E-state index in [1.54, 1.807) is 0 Å². The molecule has 54 valence electrons. The van der Waals surface area contributed by atoms with Crippen LogP contribution in [0.5, 0.6) is 0 Å². The second kappa shape index (κ2) is 3.25. The Labute approximate surface area is 62.3 Å². The Bertz CT molecular complexity index is 158. The van der Waals surface area contributed by atoms with E-state index in [2.05, 4.69) is 24.1 Å². The molecule has 10 heavy (non-hydrogen) atoms. The smallest absolute Gasteiger partial charge is 0.0357 e. The van der Waals surface area contributed by atoms with E-state index in [1.165, 1.54) is 5.70 Å². The lowest BCUT2D eigenvalue weighted by molar-refractivity contribution is 0.438. The van der Waals surface area contributed by atoms with E-state index < -0.39 is 0 Å². The van der Waals surface area contributed by atoms with Crippen LogP contribution in [-0.2, 0) is 0 Å². The molecule has 0 atom stereocenters. The maximum Gasteiger partial charge on any atom is 0.0357 e. The minimum Gasteiger partial charge on any atom is -0.367 e. The second-order valence-corrected chi connectivity index (χ2v) is 2.38. The normalized spacial score (nSPS) is 13.8. The second-order valence-electron chi connectivity index (χ2n) is 2.38. The van der Waals surface area contributed by atoms with Crippen molar-refractivity contribution in [1.82, 2.24) is 4.90 Å². The van der Waals surface area contributed by atoms with Gasteiger partial charge in [-0.25, -0.2) is 0 Å². The molecule has 0 unspecified atom stereocenters. The highest BCUT2D eigenvalue weighted by Crippen LogP contribution is 2.22. The maximum atomic E-state index is 3.69. The van der Waals surface area contributed by atoms with Gasteiger partial charge in [0.05, 0.1) is 0 Å². The van der Waals surface area contributed by atoms with Crippen molar-refractivity contribution < 1.29 is 0 Å². The fourth-order valence-electron chi connectivity index (χ4n) is 0.925. The van der Waals surface area contributed by atoms with Gasteiger partial charge < -0.3 is 4.90 Å². The van der Waals surface area contributed by atoms with Gasteiger partial charge in [0.25, 0.3) is 0 Å². The van der Waals surface area contributed by atoms with E-state index in [4.69, 9.17) is 0 Å². The highest BCUT2D eigenvalue weighted by Gasteiger charge is 2.13. The van der Waals surface area contributed by atoms with Crippen molar-refractivity contribution in [2.24, 2.45) is 0 Å². The predicted molar refractivity (Wildman–Crippen MR) is 44.7 cm³/mol. The molecule has 0 bridgehead atoms. The van der Waals surface area contributed by atoms with Crippen LogP contribution in [0, 0.1) is 0 Å². The summed E-state index contributed by atoms with van der Waals surface area (Å²) in [5.41, 5.74) is 1.43. The first-order valence-electron chi connectivity index (χ1n) is 3.54. The Morgan fingerprint density at radius 1 is 1.40 bits per heavy atom. The molecule has 0 saturated heterocycles. The molecule has 0 fully saturated rings. The first-order valence-corrected chi connectivity index (χ1v) is 3.54. The lowest BCUT2D eigenvalue weighted by atomic mass is 10.4. The fraction of sp³-hybridized carbons (Fsp3) is 0.333. The summed E-state index contributed by atoms with van der Waals surface area (Å²) in [7, 11) is 0. The standard InChI is InChI=1S/C9H13N/c1-3-7-10(8-4-2)9-5-6-9/h3-5H,1-2,6-8H2. The number of rotatable bonds is 5. The van der Waals surface area contributed by atoms with Gasteiger partial charge in [0.15, 0.2) is 0 Å². The van der Waals surface area contributed by atoms with Crippen LogP contribution < -0.4 is 0 Å². The first-order chi connectivity index (χ1) is 4.88. The Morgan fingerprint density at radius 3 is 2.20 bits per heavy atom. The van der Waals surface area contributed by atoms with Gasteiger partial charge in [-0.3, -0.25) is 0 Å². The minimum absolute atomic E-state index is 0.942. The molecule has 1 rings (SSSR count). The molecule has 0 amide bonds. The molecule has 0 aromatic heterocycles. The van der Waals surface area contributed by atoms with Gasteiger partial charge in [0, 0.05) is 25.2 Å². The zero-order valence-corrected chi connectivity index (χ0v) is 6.21. The van der Waals surface area contributed by atoms with E-state index in [-0.39, 0.29) is 0 Å². The summed E-state index contributed by atoms with van der Waals surface area (Å²) in [4.78, 5) is 2.26. The molecule has 1 heteroatoms. The molecule has 0 aromatic rings. The third-order valence-electron chi connectivity index (χ3n) is 1.49. The predicted octanol–water partition coefficient (Wildman–Crippen LogP) is 1.95. The molecular weight excluding hydrogens is 122 g/mol. The quantitative estimate of drug-likeness (QED) is 0.521. The summed E-state index contributed by atoms with van der Waals surface area (Å²) < 4.78 is 0. The van der Waals surface area contributed by atoms with E-state index in [9.17, 15) is 0 Å². The molecule has 0 spiro atoms. The molecule has 0 N–H and O–H groups in total. The van der Waals surface area contributed by atoms with Crippen molar-refractivity contribution in [3.63, 3.8) is 0 Å². The number of nitrogens with zero attached hydrogens (tertiary/aromatic N) is 1. The molecule has 1 aliphatic rings.